The van der Waals surface area contributed by atoms with Crippen LogP contribution in [0.25, 0.3) is 0 Å². The van der Waals surface area contributed by atoms with Crippen molar-refractivity contribution in [2.45, 2.75) is 67.9 Å². The van der Waals surface area contributed by atoms with Gasteiger partial charge < -0.3 is 9.84 Å². The summed E-state index contributed by atoms with van der Waals surface area (Å²) in [4.78, 5) is 37.6. The van der Waals surface area contributed by atoms with Crippen molar-refractivity contribution in [1.82, 2.24) is 0 Å². The van der Waals surface area contributed by atoms with E-state index in [9.17, 15) is 9.59 Å². The number of hydrogen-bond acceptors (Lipinski definition) is 7. The molecular weight excluding hydrogens is 320 g/mol. The molecule has 0 aromatic carbocycles. The maximum absolute atomic E-state index is 10.5. The highest BCUT2D eigenvalue weighted by molar-refractivity contribution is 5.62. The van der Waals surface area contributed by atoms with Crippen LogP contribution in [0.15, 0.2) is 0 Å². The van der Waals surface area contributed by atoms with Crippen molar-refractivity contribution in [2.75, 3.05) is 13.2 Å². The van der Waals surface area contributed by atoms with E-state index >= 15 is 0 Å². The smallest absolute Gasteiger partial charge is 0.447 e. The van der Waals surface area contributed by atoms with Crippen LogP contribution in [0.2, 0.25) is 0 Å². The molecule has 0 aromatic heterocycles. The molecule has 0 heterocycles. The average molecular weight is 352 g/mol. The maximum Gasteiger partial charge on any atom is 0.550 e. The fourth-order valence-corrected chi connectivity index (χ4v) is 0.774. The minimum Gasteiger partial charge on any atom is -0.447 e. The molecule has 0 bridgehead atoms. The molecule has 0 aromatic rings. The normalized spacial score (nSPS) is 11.9. The van der Waals surface area contributed by atoms with Crippen LogP contribution < -0.4 is 0 Å². The van der Waals surface area contributed by atoms with Crippen LogP contribution in [0.4, 0.5) is 9.59 Å². The summed E-state index contributed by atoms with van der Waals surface area (Å²) in [6.45, 7) is 18.8. The molecule has 0 aliphatic rings. The van der Waals surface area contributed by atoms with E-state index in [0.717, 1.165) is 0 Å². The van der Waals surface area contributed by atoms with E-state index in [-0.39, 0.29) is 10.8 Å². The van der Waals surface area contributed by atoms with Gasteiger partial charge in [0.15, 0.2) is 0 Å². The summed E-state index contributed by atoms with van der Waals surface area (Å²) in [5.74, 6) is 0. The van der Waals surface area contributed by atoms with Crippen LogP contribution in [-0.2, 0) is 24.3 Å². The lowest BCUT2D eigenvalue weighted by Gasteiger charge is -2.20. The molecule has 144 valence electrons. The summed E-state index contributed by atoms with van der Waals surface area (Å²) in [5.41, 5.74) is -0.380. The van der Waals surface area contributed by atoms with Crippen LogP contribution >= 0.6 is 0 Å². The van der Waals surface area contributed by atoms with E-state index in [0.29, 0.717) is 13.2 Å². The lowest BCUT2D eigenvalue weighted by Crippen LogP contribution is -2.25. The Morgan fingerprint density at radius 1 is 0.750 bits per heavy atom. The van der Waals surface area contributed by atoms with Crippen LogP contribution in [0, 0.1) is 10.8 Å². The molecule has 0 aliphatic heterocycles. The third kappa shape index (κ3) is 25.4. The average Bonchev–Trinajstić information content (AvgIpc) is 2.29. The fraction of sp³-hybridized carbons (Fsp3) is 0.875. The summed E-state index contributed by atoms with van der Waals surface area (Å²) in [7, 11) is 0. The lowest BCUT2D eigenvalue weighted by molar-refractivity contribution is -0.318. The Bertz CT molecular complexity index is 355. The van der Waals surface area contributed by atoms with E-state index < -0.39 is 17.9 Å². The second kappa shape index (κ2) is 10.4. The minimum atomic E-state index is -1.71. The van der Waals surface area contributed by atoms with Crippen molar-refractivity contribution < 1.29 is 39.0 Å². The van der Waals surface area contributed by atoms with Gasteiger partial charge in [0, 0.05) is 0 Å². The van der Waals surface area contributed by atoms with Gasteiger partial charge in [-0.3, -0.25) is 0 Å². The number of carbonyl (C=O) groups excluding carboxylic acids is 1. The molecule has 0 unspecified atom stereocenters. The summed E-state index contributed by atoms with van der Waals surface area (Å²) >= 11 is 0. The highest BCUT2D eigenvalue weighted by atomic mass is 17.3. The minimum absolute atomic E-state index is 0.178. The molecule has 8 heteroatoms. The van der Waals surface area contributed by atoms with Crippen molar-refractivity contribution in [2.24, 2.45) is 10.8 Å². The number of rotatable bonds is 3. The largest absolute Gasteiger partial charge is 0.550 e. The van der Waals surface area contributed by atoms with Gasteiger partial charge in [-0.2, -0.15) is 9.68 Å². The first-order chi connectivity index (χ1) is 10.5. The number of carboxylic acid groups (broad SMARTS) is 1. The zero-order chi connectivity index (χ0) is 19.6. The Morgan fingerprint density at radius 2 is 1.12 bits per heavy atom. The summed E-state index contributed by atoms with van der Waals surface area (Å²) in [6, 6.07) is 0. The Morgan fingerprint density at radius 3 is 1.38 bits per heavy atom. The van der Waals surface area contributed by atoms with Gasteiger partial charge in [-0.15, -0.1) is 0 Å². The first-order valence-electron chi connectivity index (χ1n) is 7.57. The van der Waals surface area contributed by atoms with Gasteiger partial charge in [-0.1, -0.05) is 41.5 Å². The topological polar surface area (TPSA) is 101 Å². The third-order valence-corrected chi connectivity index (χ3v) is 1.64. The second-order valence-corrected chi connectivity index (χ2v) is 8.54. The van der Waals surface area contributed by atoms with Crippen molar-refractivity contribution in [3.05, 3.63) is 0 Å². The molecule has 0 spiro atoms. The van der Waals surface area contributed by atoms with Gasteiger partial charge in [-0.05, 0) is 31.6 Å². The SMILES string of the molecule is CC(C)(C)COOCC(C)(C)C.CC(C)(C)OC(=O)OOC(=O)O. The van der Waals surface area contributed by atoms with E-state index in [1.165, 1.54) is 0 Å². The summed E-state index contributed by atoms with van der Waals surface area (Å²) < 4.78 is 4.54. The standard InChI is InChI=1S/C10H22O2.C6H10O6/c1-9(2,3)7-11-12-8-10(4,5)6;1-6(2,3)10-5(9)12-11-4(7)8/h7-8H2,1-6H3;1-3H3,(H,7,8). The van der Waals surface area contributed by atoms with Crippen LogP contribution in [0.1, 0.15) is 62.3 Å². The van der Waals surface area contributed by atoms with Gasteiger partial charge in [0.2, 0.25) is 0 Å². The van der Waals surface area contributed by atoms with Crippen molar-refractivity contribution in [3.63, 3.8) is 0 Å². The zero-order valence-corrected chi connectivity index (χ0v) is 16.2. The monoisotopic (exact) mass is 352 g/mol. The van der Waals surface area contributed by atoms with Gasteiger partial charge in [0.05, 0.1) is 13.2 Å². The van der Waals surface area contributed by atoms with Crippen LogP contribution in [0.3, 0.4) is 0 Å². The Balaban J connectivity index is 0. The molecule has 0 atom stereocenters. The predicted molar refractivity (Wildman–Crippen MR) is 87.2 cm³/mol. The van der Waals surface area contributed by atoms with Gasteiger partial charge in [0.25, 0.3) is 0 Å². The molecule has 0 rings (SSSR count). The summed E-state index contributed by atoms with van der Waals surface area (Å²) in [6.07, 6.45) is -2.90. The Hall–Kier alpha value is -1.54. The van der Waals surface area contributed by atoms with Gasteiger partial charge in [0.1, 0.15) is 5.60 Å². The van der Waals surface area contributed by atoms with Crippen molar-refractivity contribution in [1.29, 1.82) is 0 Å². The molecule has 0 aliphatic carbocycles. The third-order valence-electron chi connectivity index (χ3n) is 1.64. The Kier molecular flexibility index (Phi) is 10.7. The molecular formula is C16H32O8. The van der Waals surface area contributed by atoms with E-state index in [4.69, 9.17) is 14.9 Å². The zero-order valence-electron chi connectivity index (χ0n) is 16.2. The molecule has 1 N–H and O–H groups in total. The quantitative estimate of drug-likeness (QED) is 0.341. The lowest BCUT2D eigenvalue weighted by atomic mass is 9.98. The van der Waals surface area contributed by atoms with Crippen LogP contribution in [-0.4, -0.2) is 36.2 Å². The Labute approximate surface area is 144 Å². The van der Waals surface area contributed by atoms with Crippen LogP contribution in [0.5, 0.6) is 0 Å². The van der Waals surface area contributed by atoms with Gasteiger partial charge in [-0.25, -0.2) is 19.5 Å². The van der Waals surface area contributed by atoms with E-state index in [1.807, 2.05) is 0 Å². The molecule has 8 nitrogen and oxygen atoms in total. The first-order valence-corrected chi connectivity index (χ1v) is 7.57. The van der Waals surface area contributed by atoms with Crippen molar-refractivity contribution >= 4 is 12.3 Å². The highest BCUT2D eigenvalue weighted by Crippen LogP contribution is 2.16. The molecule has 24 heavy (non-hydrogen) atoms. The molecule has 0 saturated carbocycles. The molecule has 0 amide bonds. The first kappa shape index (κ1) is 24.7. The van der Waals surface area contributed by atoms with Gasteiger partial charge >= 0.3 is 12.3 Å². The fourth-order valence-electron chi connectivity index (χ4n) is 0.774. The predicted octanol–water partition coefficient (Wildman–Crippen LogP) is 4.57. The number of carbonyl (C=O) groups is 2. The second-order valence-electron chi connectivity index (χ2n) is 8.54. The molecule has 0 radical (unpaired) electrons. The summed E-state index contributed by atoms with van der Waals surface area (Å²) in [5, 5.41) is 7.91. The van der Waals surface area contributed by atoms with E-state index in [2.05, 4.69) is 56.1 Å². The highest BCUT2D eigenvalue weighted by Gasteiger charge is 2.19. The number of ether oxygens (including phenoxy) is 1. The molecule has 0 saturated heterocycles. The van der Waals surface area contributed by atoms with E-state index in [1.54, 1.807) is 20.8 Å². The maximum atomic E-state index is 10.5. The van der Waals surface area contributed by atoms with Crippen molar-refractivity contribution in [3.8, 4) is 0 Å². The number of hydrogen-bond donors (Lipinski definition) is 1. The molecule has 0 fully saturated rings.